The number of ether oxygens (including phenoxy) is 1. The number of H-pyrrole nitrogens is 1. The molecule has 3 rings (SSSR count). The van der Waals surface area contributed by atoms with Crippen molar-refractivity contribution in [2.24, 2.45) is 0 Å². The second-order valence-electron chi connectivity index (χ2n) is 4.62. The van der Waals surface area contributed by atoms with Crippen molar-refractivity contribution in [2.75, 3.05) is 0 Å². The van der Waals surface area contributed by atoms with Gasteiger partial charge in [0.15, 0.2) is 0 Å². The van der Waals surface area contributed by atoms with Gasteiger partial charge in [-0.1, -0.05) is 29.8 Å². The van der Waals surface area contributed by atoms with Gasteiger partial charge in [0, 0.05) is 5.52 Å². The highest BCUT2D eigenvalue weighted by molar-refractivity contribution is 6.32. The molecule has 0 fully saturated rings. The Bertz CT molecular complexity index is 810. The van der Waals surface area contributed by atoms with Gasteiger partial charge in [0.05, 0.1) is 16.3 Å². The number of carboxylic acid groups (broad SMARTS) is 1. The number of para-hydroxylation sites is 1. The molecular formula is C16H12ClNO3. The zero-order valence-corrected chi connectivity index (χ0v) is 11.7. The highest BCUT2D eigenvalue weighted by atomic mass is 35.5. The van der Waals surface area contributed by atoms with Gasteiger partial charge in [0.2, 0.25) is 0 Å². The van der Waals surface area contributed by atoms with E-state index in [1.54, 1.807) is 30.3 Å². The molecule has 1 heterocycles. The lowest BCUT2D eigenvalue weighted by Gasteiger charge is -2.05. The molecule has 0 saturated heterocycles. The van der Waals surface area contributed by atoms with Crippen molar-refractivity contribution < 1.29 is 14.6 Å². The number of nitrogens with one attached hydrogen (secondary N) is 1. The van der Waals surface area contributed by atoms with E-state index in [-0.39, 0.29) is 5.56 Å². The van der Waals surface area contributed by atoms with Gasteiger partial charge in [0.1, 0.15) is 12.4 Å². The first-order valence-electron chi connectivity index (χ1n) is 6.36. The summed E-state index contributed by atoms with van der Waals surface area (Å²) in [7, 11) is 0. The van der Waals surface area contributed by atoms with E-state index < -0.39 is 5.97 Å². The van der Waals surface area contributed by atoms with Crippen LogP contribution in [0.5, 0.6) is 5.75 Å². The van der Waals surface area contributed by atoms with Crippen LogP contribution in [0.25, 0.3) is 10.9 Å². The molecule has 0 spiro atoms. The first-order valence-corrected chi connectivity index (χ1v) is 6.73. The van der Waals surface area contributed by atoms with Crippen LogP contribution in [0, 0.1) is 0 Å². The van der Waals surface area contributed by atoms with E-state index in [0.29, 0.717) is 17.4 Å². The van der Waals surface area contributed by atoms with E-state index in [9.17, 15) is 4.79 Å². The summed E-state index contributed by atoms with van der Waals surface area (Å²) in [5.41, 5.74) is 1.88. The van der Waals surface area contributed by atoms with E-state index in [0.717, 1.165) is 16.6 Å². The van der Waals surface area contributed by atoms with Crippen LogP contribution in [-0.4, -0.2) is 16.1 Å². The molecule has 106 valence electrons. The normalized spacial score (nSPS) is 10.7. The molecule has 3 aromatic rings. The third-order valence-corrected chi connectivity index (χ3v) is 3.46. The molecule has 2 aromatic carbocycles. The van der Waals surface area contributed by atoms with Crippen LogP contribution in [0.3, 0.4) is 0 Å². The first kappa shape index (κ1) is 13.5. The standard InChI is InChI=1S/C16H12ClNO3/c17-13-3-1-2-4-15(13)21-9-12-7-10-5-6-11(16(19)20)8-14(10)18-12/h1-8,18H,9H2,(H,19,20). The monoisotopic (exact) mass is 301 g/mol. The van der Waals surface area contributed by atoms with Crippen LogP contribution in [0.15, 0.2) is 48.5 Å². The summed E-state index contributed by atoms with van der Waals surface area (Å²) in [6.07, 6.45) is 0. The minimum Gasteiger partial charge on any atom is -0.486 e. The molecule has 0 unspecified atom stereocenters. The lowest BCUT2D eigenvalue weighted by molar-refractivity contribution is 0.0697. The minimum absolute atomic E-state index is 0.253. The molecule has 0 aliphatic rings. The third kappa shape index (κ3) is 2.85. The molecule has 4 nitrogen and oxygen atoms in total. The number of fused-ring (bicyclic) bond motifs is 1. The Morgan fingerprint density at radius 2 is 2.00 bits per heavy atom. The number of aromatic carboxylic acids is 1. The van der Waals surface area contributed by atoms with Crippen molar-refractivity contribution >= 4 is 28.5 Å². The zero-order chi connectivity index (χ0) is 14.8. The Kier molecular flexibility index (Phi) is 3.54. The Balaban J connectivity index is 1.82. The molecule has 21 heavy (non-hydrogen) atoms. The molecule has 5 heteroatoms. The predicted molar refractivity (Wildman–Crippen MR) is 81.0 cm³/mol. The molecule has 0 aliphatic carbocycles. The van der Waals surface area contributed by atoms with Gasteiger partial charge < -0.3 is 14.8 Å². The van der Waals surface area contributed by atoms with E-state index in [1.807, 2.05) is 18.2 Å². The van der Waals surface area contributed by atoms with Crippen molar-refractivity contribution in [3.8, 4) is 5.75 Å². The van der Waals surface area contributed by atoms with Crippen LogP contribution >= 0.6 is 11.6 Å². The molecule has 0 radical (unpaired) electrons. The summed E-state index contributed by atoms with van der Waals surface area (Å²) in [6.45, 7) is 0.334. The Morgan fingerprint density at radius 1 is 1.19 bits per heavy atom. The minimum atomic E-state index is -0.944. The number of rotatable bonds is 4. The molecule has 0 amide bonds. The molecule has 0 bridgehead atoms. The van der Waals surface area contributed by atoms with Crippen molar-refractivity contribution in [3.63, 3.8) is 0 Å². The Labute approximate surface area is 125 Å². The number of carboxylic acids is 1. The molecular weight excluding hydrogens is 290 g/mol. The van der Waals surface area contributed by atoms with E-state index in [1.165, 1.54) is 0 Å². The molecule has 0 saturated carbocycles. The fourth-order valence-electron chi connectivity index (χ4n) is 2.12. The maximum atomic E-state index is 10.9. The van der Waals surface area contributed by atoms with Crippen LogP contribution in [-0.2, 0) is 6.61 Å². The van der Waals surface area contributed by atoms with E-state index in [2.05, 4.69) is 4.98 Å². The number of halogens is 1. The van der Waals surface area contributed by atoms with Gasteiger partial charge in [-0.2, -0.15) is 0 Å². The maximum absolute atomic E-state index is 10.9. The van der Waals surface area contributed by atoms with Gasteiger partial charge in [-0.15, -0.1) is 0 Å². The van der Waals surface area contributed by atoms with E-state index in [4.69, 9.17) is 21.4 Å². The number of aromatic amines is 1. The smallest absolute Gasteiger partial charge is 0.335 e. The summed E-state index contributed by atoms with van der Waals surface area (Å²) in [5, 5.41) is 10.5. The predicted octanol–water partition coefficient (Wildman–Crippen LogP) is 4.10. The highest BCUT2D eigenvalue weighted by Gasteiger charge is 2.07. The highest BCUT2D eigenvalue weighted by Crippen LogP contribution is 2.25. The third-order valence-electron chi connectivity index (χ3n) is 3.15. The topological polar surface area (TPSA) is 62.3 Å². The summed E-state index contributed by atoms with van der Waals surface area (Å²) >= 11 is 6.02. The van der Waals surface area contributed by atoms with Crippen LogP contribution < -0.4 is 4.74 Å². The van der Waals surface area contributed by atoms with Crippen molar-refractivity contribution in [2.45, 2.75) is 6.61 Å². The van der Waals surface area contributed by atoms with E-state index >= 15 is 0 Å². The summed E-state index contributed by atoms with van der Waals surface area (Å²) in [5.74, 6) is -0.329. The SMILES string of the molecule is O=C(O)c1ccc2cc(COc3ccccc3Cl)[nH]c2c1. The lowest BCUT2D eigenvalue weighted by atomic mass is 10.2. The van der Waals surface area contributed by atoms with Crippen LogP contribution in [0.4, 0.5) is 0 Å². The lowest BCUT2D eigenvalue weighted by Crippen LogP contribution is -1.96. The number of carbonyl (C=O) groups is 1. The Hall–Kier alpha value is -2.46. The largest absolute Gasteiger partial charge is 0.486 e. The van der Waals surface area contributed by atoms with Gasteiger partial charge in [-0.3, -0.25) is 0 Å². The first-order chi connectivity index (χ1) is 10.1. The summed E-state index contributed by atoms with van der Waals surface area (Å²) < 4.78 is 5.65. The molecule has 0 aliphatic heterocycles. The number of hydrogen-bond donors (Lipinski definition) is 2. The maximum Gasteiger partial charge on any atom is 0.335 e. The fourth-order valence-corrected chi connectivity index (χ4v) is 2.31. The number of benzene rings is 2. The molecule has 2 N–H and O–H groups in total. The van der Waals surface area contributed by atoms with Gasteiger partial charge in [-0.05, 0) is 35.7 Å². The second-order valence-corrected chi connectivity index (χ2v) is 5.03. The average Bonchev–Trinajstić information content (AvgIpc) is 2.88. The zero-order valence-electron chi connectivity index (χ0n) is 11.0. The Morgan fingerprint density at radius 3 is 2.76 bits per heavy atom. The van der Waals surface area contributed by atoms with Crippen LogP contribution in [0.1, 0.15) is 16.1 Å². The van der Waals surface area contributed by atoms with Crippen molar-refractivity contribution in [3.05, 3.63) is 64.8 Å². The summed E-state index contributed by atoms with van der Waals surface area (Å²) in [4.78, 5) is 14.1. The molecule has 1 aromatic heterocycles. The quantitative estimate of drug-likeness (QED) is 0.762. The molecule has 0 atom stereocenters. The van der Waals surface area contributed by atoms with Crippen molar-refractivity contribution in [1.82, 2.24) is 4.98 Å². The van der Waals surface area contributed by atoms with Gasteiger partial charge in [0.25, 0.3) is 0 Å². The number of aromatic nitrogens is 1. The number of hydrogen-bond acceptors (Lipinski definition) is 2. The van der Waals surface area contributed by atoms with Crippen LogP contribution in [0.2, 0.25) is 5.02 Å². The van der Waals surface area contributed by atoms with Crippen molar-refractivity contribution in [1.29, 1.82) is 0 Å². The van der Waals surface area contributed by atoms with Gasteiger partial charge >= 0.3 is 5.97 Å². The fraction of sp³-hybridized carbons (Fsp3) is 0.0625. The second kappa shape index (κ2) is 5.50. The summed E-state index contributed by atoms with van der Waals surface area (Å²) in [6, 6.07) is 14.1. The van der Waals surface area contributed by atoms with Gasteiger partial charge in [-0.25, -0.2) is 4.79 Å². The average molecular weight is 302 g/mol.